The molecule has 0 aliphatic carbocycles. The zero-order valence-corrected chi connectivity index (χ0v) is 16.4. The molecule has 29 heavy (non-hydrogen) atoms. The lowest BCUT2D eigenvalue weighted by molar-refractivity contribution is 0.563. The Bertz CT molecular complexity index is 1460. The molecule has 0 N–H and O–H groups in total. The smallest absolute Gasteiger partial charge is 0.347 e. The van der Waals surface area contributed by atoms with E-state index in [1.54, 1.807) is 36.4 Å². The van der Waals surface area contributed by atoms with E-state index in [-0.39, 0.29) is 11.4 Å². The molecule has 2 heterocycles. The van der Waals surface area contributed by atoms with Gasteiger partial charge in [-0.05, 0) is 36.4 Å². The molecule has 5 aromatic rings. The summed E-state index contributed by atoms with van der Waals surface area (Å²) in [6, 6.07) is 21.8. The second kappa shape index (κ2) is 6.99. The molecular formula is C23H12Cl2N2O2. The van der Waals surface area contributed by atoms with E-state index >= 15 is 0 Å². The van der Waals surface area contributed by atoms with Crippen LogP contribution in [0.2, 0.25) is 10.0 Å². The van der Waals surface area contributed by atoms with Crippen LogP contribution in [-0.4, -0.2) is 9.97 Å². The fraction of sp³-hybridized carbons (Fsp3) is 0. The third-order valence-corrected chi connectivity index (χ3v) is 5.23. The maximum atomic E-state index is 12.6. The lowest BCUT2D eigenvalue weighted by Gasteiger charge is -2.10. The fourth-order valence-electron chi connectivity index (χ4n) is 3.30. The summed E-state index contributed by atoms with van der Waals surface area (Å²) < 4.78 is 5.46. The van der Waals surface area contributed by atoms with Gasteiger partial charge in [-0.3, -0.25) is 0 Å². The van der Waals surface area contributed by atoms with Crippen LogP contribution in [0.4, 0.5) is 0 Å². The third kappa shape index (κ3) is 3.16. The summed E-state index contributed by atoms with van der Waals surface area (Å²) in [6.45, 7) is 0. The van der Waals surface area contributed by atoms with E-state index in [2.05, 4.69) is 4.98 Å². The van der Waals surface area contributed by atoms with E-state index in [0.717, 1.165) is 16.3 Å². The van der Waals surface area contributed by atoms with Crippen LogP contribution in [0.15, 0.2) is 82.0 Å². The molecule has 0 saturated carbocycles. The molecule has 0 spiro atoms. The highest BCUT2D eigenvalue weighted by molar-refractivity contribution is 6.34. The Morgan fingerprint density at radius 1 is 0.793 bits per heavy atom. The number of hydrogen-bond acceptors (Lipinski definition) is 4. The first-order valence-electron chi connectivity index (χ1n) is 8.85. The number of hydrogen-bond donors (Lipinski definition) is 0. The first-order valence-corrected chi connectivity index (χ1v) is 9.61. The van der Waals surface area contributed by atoms with Gasteiger partial charge in [-0.15, -0.1) is 0 Å². The van der Waals surface area contributed by atoms with Gasteiger partial charge in [0.25, 0.3) is 0 Å². The molecule has 0 fully saturated rings. The summed E-state index contributed by atoms with van der Waals surface area (Å²) in [4.78, 5) is 21.9. The summed E-state index contributed by atoms with van der Waals surface area (Å²) in [6.07, 6.45) is 0. The van der Waals surface area contributed by atoms with Crippen molar-refractivity contribution in [3.8, 4) is 22.6 Å². The van der Waals surface area contributed by atoms with E-state index in [4.69, 9.17) is 32.6 Å². The lowest BCUT2D eigenvalue weighted by atomic mass is 10.1. The minimum absolute atomic E-state index is 0.272. The van der Waals surface area contributed by atoms with Crippen LogP contribution in [0, 0.1) is 0 Å². The normalized spacial score (nSPS) is 11.2. The zero-order valence-electron chi connectivity index (χ0n) is 14.9. The van der Waals surface area contributed by atoms with Crippen molar-refractivity contribution in [2.24, 2.45) is 0 Å². The molecule has 0 atom stereocenters. The van der Waals surface area contributed by atoms with E-state index < -0.39 is 5.63 Å². The fourth-order valence-corrected chi connectivity index (χ4v) is 3.69. The van der Waals surface area contributed by atoms with Crippen molar-refractivity contribution >= 4 is 45.1 Å². The molecule has 0 amide bonds. The molecule has 0 aliphatic heterocycles. The van der Waals surface area contributed by atoms with Gasteiger partial charge in [-0.1, -0.05) is 59.6 Å². The summed E-state index contributed by atoms with van der Waals surface area (Å²) in [5.74, 6) is 0.272. The SMILES string of the molecule is O=c1oc2ccccc2cc1-c1nc(-c2ccccc2Cl)c2cc(Cl)ccc2n1. The number of para-hydroxylation sites is 1. The Morgan fingerprint density at radius 2 is 1.59 bits per heavy atom. The number of aromatic nitrogens is 2. The zero-order chi connectivity index (χ0) is 20.0. The van der Waals surface area contributed by atoms with Crippen LogP contribution in [0.1, 0.15) is 0 Å². The van der Waals surface area contributed by atoms with Crippen LogP contribution in [-0.2, 0) is 0 Å². The Hall–Kier alpha value is -3.21. The number of rotatable bonds is 2. The van der Waals surface area contributed by atoms with Crippen LogP contribution < -0.4 is 5.63 Å². The van der Waals surface area contributed by atoms with Gasteiger partial charge in [-0.25, -0.2) is 14.8 Å². The molecule has 3 aromatic carbocycles. The van der Waals surface area contributed by atoms with Crippen LogP contribution in [0.25, 0.3) is 44.5 Å². The van der Waals surface area contributed by atoms with Crippen molar-refractivity contribution in [1.29, 1.82) is 0 Å². The summed E-state index contributed by atoms with van der Waals surface area (Å²) in [5, 5.41) is 2.65. The topological polar surface area (TPSA) is 56.0 Å². The quantitative estimate of drug-likeness (QED) is 0.312. The van der Waals surface area contributed by atoms with Crippen LogP contribution in [0.5, 0.6) is 0 Å². The minimum Gasteiger partial charge on any atom is -0.422 e. The standard InChI is InChI=1S/C23H12Cl2N2O2/c24-14-9-10-19-16(12-14)21(15-6-2-3-7-18(15)25)27-22(26-19)17-11-13-5-1-4-8-20(13)29-23(17)28/h1-12H. The van der Waals surface area contributed by atoms with Gasteiger partial charge in [0.2, 0.25) is 0 Å². The number of halogens is 2. The second-order valence-electron chi connectivity index (χ2n) is 6.52. The van der Waals surface area contributed by atoms with Crippen LogP contribution >= 0.6 is 23.2 Å². The van der Waals surface area contributed by atoms with Crippen LogP contribution in [0.3, 0.4) is 0 Å². The predicted molar refractivity (Wildman–Crippen MR) is 116 cm³/mol. The number of nitrogens with zero attached hydrogens (tertiary/aromatic N) is 2. The van der Waals surface area contributed by atoms with Gasteiger partial charge in [0.05, 0.1) is 11.2 Å². The van der Waals surface area contributed by atoms with Crippen molar-refractivity contribution in [1.82, 2.24) is 9.97 Å². The molecule has 0 saturated heterocycles. The van der Waals surface area contributed by atoms with Crippen molar-refractivity contribution in [3.63, 3.8) is 0 Å². The largest absolute Gasteiger partial charge is 0.422 e. The molecule has 0 radical (unpaired) electrons. The highest BCUT2D eigenvalue weighted by Crippen LogP contribution is 2.34. The van der Waals surface area contributed by atoms with E-state index in [1.807, 2.05) is 36.4 Å². The first-order chi connectivity index (χ1) is 14.1. The molecule has 5 rings (SSSR count). The second-order valence-corrected chi connectivity index (χ2v) is 7.37. The van der Waals surface area contributed by atoms with E-state index in [9.17, 15) is 4.79 Å². The van der Waals surface area contributed by atoms with Gasteiger partial charge < -0.3 is 4.42 Å². The monoisotopic (exact) mass is 418 g/mol. The van der Waals surface area contributed by atoms with Crippen molar-refractivity contribution in [2.75, 3.05) is 0 Å². The highest BCUT2D eigenvalue weighted by Gasteiger charge is 2.17. The molecule has 140 valence electrons. The van der Waals surface area contributed by atoms with E-state index in [1.165, 1.54) is 0 Å². The lowest BCUT2D eigenvalue weighted by Crippen LogP contribution is -2.06. The summed E-state index contributed by atoms with van der Waals surface area (Å²) in [7, 11) is 0. The first kappa shape index (κ1) is 17.9. The molecule has 0 unspecified atom stereocenters. The number of benzene rings is 3. The maximum absolute atomic E-state index is 12.6. The predicted octanol–water partition coefficient (Wildman–Crippen LogP) is 6.38. The summed E-state index contributed by atoms with van der Waals surface area (Å²) in [5.41, 5.74) is 2.29. The Kier molecular flexibility index (Phi) is 4.31. The Morgan fingerprint density at radius 3 is 2.45 bits per heavy atom. The van der Waals surface area contributed by atoms with Gasteiger partial charge in [-0.2, -0.15) is 0 Å². The van der Waals surface area contributed by atoms with Crippen molar-refractivity contribution in [2.45, 2.75) is 0 Å². The molecule has 0 aliphatic rings. The average Bonchev–Trinajstić information content (AvgIpc) is 2.73. The van der Waals surface area contributed by atoms with Gasteiger partial charge in [0.15, 0.2) is 5.82 Å². The molecular weight excluding hydrogens is 407 g/mol. The molecule has 4 nitrogen and oxygen atoms in total. The molecule has 2 aromatic heterocycles. The minimum atomic E-state index is -0.498. The molecule has 6 heteroatoms. The summed E-state index contributed by atoms with van der Waals surface area (Å²) >= 11 is 12.6. The highest BCUT2D eigenvalue weighted by atomic mass is 35.5. The van der Waals surface area contributed by atoms with Crippen molar-refractivity contribution in [3.05, 3.63) is 93.3 Å². The molecule has 0 bridgehead atoms. The maximum Gasteiger partial charge on any atom is 0.347 e. The Balaban J connectivity index is 1.85. The van der Waals surface area contributed by atoms with Gasteiger partial charge in [0, 0.05) is 26.4 Å². The number of fused-ring (bicyclic) bond motifs is 2. The van der Waals surface area contributed by atoms with Gasteiger partial charge >= 0.3 is 5.63 Å². The Labute approximate surface area is 175 Å². The average molecular weight is 419 g/mol. The third-order valence-electron chi connectivity index (χ3n) is 4.67. The van der Waals surface area contributed by atoms with E-state index in [0.29, 0.717) is 26.8 Å². The van der Waals surface area contributed by atoms with Gasteiger partial charge in [0.1, 0.15) is 11.1 Å². The van der Waals surface area contributed by atoms with Crippen molar-refractivity contribution < 1.29 is 4.42 Å².